The molecule has 6 heteroatoms. The van der Waals surface area contributed by atoms with Crippen LogP contribution in [0.3, 0.4) is 0 Å². The van der Waals surface area contributed by atoms with Crippen LogP contribution < -0.4 is 4.74 Å². The SMILES string of the molecule is C/C=C/c1ccc(/C(=C(/CC)c2cccc(Oc3ccccn3)c2)c2ccc3c(cnn3PI)c2)cc1. The number of allylic oxidation sites excluding steroid dienone is 2. The first-order valence-corrected chi connectivity index (χ1v) is 16.3. The average molecular weight is 615 g/mol. The van der Waals surface area contributed by atoms with Gasteiger partial charge in [-0.05, 0) is 99.1 Å². The predicted octanol–water partition coefficient (Wildman–Crippen LogP) is 9.42. The molecule has 0 saturated carbocycles. The van der Waals surface area contributed by atoms with Crippen LogP contribution in [0.1, 0.15) is 42.5 Å². The Bertz CT molecular complexity index is 1570. The van der Waals surface area contributed by atoms with Gasteiger partial charge >= 0.3 is 0 Å². The van der Waals surface area contributed by atoms with Gasteiger partial charge < -0.3 is 4.74 Å². The summed E-state index contributed by atoms with van der Waals surface area (Å²) in [7, 11) is 0. The summed E-state index contributed by atoms with van der Waals surface area (Å²) in [4.78, 5) is 4.31. The summed E-state index contributed by atoms with van der Waals surface area (Å²) in [5, 5.41) is 5.71. The minimum atomic E-state index is 0.568. The van der Waals surface area contributed by atoms with Crippen LogP contribution in [0.25, 0.3) is 28.1 Å². The van der Waals surface area contributed by atoms with Crippen LogP contribution in [0, 0.1) is 0 Å². The fraction of sp³-hybridized carbons (Fsp3) is 0.0968. The maximum absolute atomic E-state index is 6.07. The molecule has 1 atom stereocenters. The summed E-state index contributed by atoms with van der Waals surface area (Å²) in [5.74, 6) is 1.35. The second kappa shape index (κ2) is 11.8. The normalized spacial score (nSPS) is 12.5. The van der Waals surface area contributed by atoms with Crippen LogP contribution in [0.5, 0.6) is 11.6 Å². The fourth-order valence-electron chi connectivity index (χ4n) is 4.53. The topological polar surface area (TPSA) is 39.9 Å². The van der Waals surface area contributed by atoms with Gasteiger partial charge in [-0.15, -0.1) is 0 Å². The molecule has 37 heavy (non-hydrogen) atoms. The maximum Gasteiger partial charge on any atom is 0.219 e. The van der Waals surface area contributed by atoms with Gasteiger partial charge in [0.05, 0.1) is 18.1 Å². The summed E-state index contributed by atoms with van der Waals surface area (Å²) in [6, 6.07) is 29.4. The van der Waals surface area contributed by atoms with Crippen molar-refractivity contribution in [3.63, 3.8) is 0 Å². The van der Waals surface area contributed by atoms with E-state index in [1.807, 2.05) is 47.9 Å². The van der Waals surface area contributed by atoms with Gasteiger partial charge in [0.2, 0.25) is 5.88 Å². The molecule has 3 aromatic carbocycles. The molecule has 0 aliphatic heterocycles. The van der Waals surface area contributed by atoms with E-state index in [0.29, 0.717) is 12.3 Å². The minimum absolute atomic E-state index is 0.568. The van der Waals surface area contributed by atoms with Gasteiger partial charge in [-0.1, -0.05) is 67.6 Å². The lowest BCUT2D eigenvalue weighted by Crippen LogP contribution is -1.96. The molecule has 0 radical (unpaired) electrons. The van der Waals surface area contributed by atoms with Crippen molar-refractivity contribution < 1.29 is 4.74 Å². The second-order valence-corrected chi connectivity index (χ2v) is 10.6. The monoisotopic (exact) mass is 615 g/mol. The van der Waals surface area contributed by atoms with Gasteiger partial charge in [-0.2, -0.15) is 5.10 Å². The molecular formula is C31H27IN3OP. The zero-order valence-electron chi connectivity index (χ0n) is 20.7. The van der Waals surface area contributed by atoms with Crippen LogP contribution in [0.4, 0.5) is 0 Å². The molecule has 5 aromatic rings. The number of halogens is 1. The first-order valence-electron chi connectivity index (χ1n) is 12.2. The maximum atomic E-state index is 6.07. The summed E-state index contributed by atoms with van der Waals surface area (Å²) in [5.41, 5.74) is 8.31. The third-order valence-corrected chi connectivity index (χ3v) is 8.08. The Morgan fingerprint density at radius 3 is 2.51 bits per heavy atom. The van der Waals surface area contributed by atoms with Gasteiger partial charge in [-0.25, -0.2) is 9.44 Å². The molecule has 1 unspecified atom stereocenters. The lowest BCUT2D eigenvalue weighted by molar-refractivity contribution is 0.463. The highest BCUT2D eigenvalue weighted by Crippen LogP contribution is 2.38. The Kier molecular flexibility index (Phi) is 8.12. The standard InChI is InChI=1S/C31H27IN3OP/c1-3-8-22-12-14-23(15-13-22)31(25-16-17-29-26(19-25)21-34-35(29)37-32)28(4-2)24-9-7-10-27(20-24)36-30-11-5-6-18-33-30/h3,5-21,37H,4H2,1-2H3/b8-3+,31-28+. The van der Waals surface area contributed by atoms with Crippen molar-refractivity contribution in [3.05, 3.63) is 126 Å². The Morgan fingerprint density at radius 2 is 1.78 bits per heavy atom. The largest absolute Gasteiger partial charge is 0.439 e. The molecule has 0 amide bonds. The van der Waals surface area contributed by atoms with E-state index >= 15 is 0 Å². The first kappa shape index (κ1) is 25.4. The molecule has 0 bridgehead atoms. The first-order chi connectivity index (χ1) is 18.2. The number of rotatable bonds is 8. The number of benzene rings is 3. The van der Waals surface area contributed by atoms with E-state index in [0.717, 1.165) is 28.6 Å². The smallest absolute Gasteiger partial charge is 0.219 e. The summed E-state index contributed by atoms with van der Waals surface area (Å²) in [6.45, 7) is 4.25. The van der Waals surface area contributed by atoms with Crippen LogP contribution in [-0.2, 0) is 0 Å². The molecule has 2 heterocycles. The Labute approximate surface area is 232 Å². The van der Waals surface area contributed by atoms with Crippen LogP contribution in [0.2, 0.25) is 0 Å². The number of pyridine rings is 1. The molecule has 0 spiro atoms. The molecule has 4 nitrogen and oxygen atoms in total. The van der Waals surface area contributed by atoms with E-state index in [4.69, 9.17) is 4.74 Å². The number of hydrogen-bond acceptors (Lipinski definition) is 3. The summed E-state index contributed by atoms with van der Waals surface area (Å²) in [6.07, 6.45) is 9.32. The van der Waals surface area contributed by atoms with E-state index in [9.17, 15) is 0 Å². The third-order valence-electron chi connectivity index (χ3n) is 6.19. The van der Waals surface area contributed by atoms with Crippen molar-refractivity contribution in [2.24, 2.45) is 0 Å². The number of aromatic nitrogens is 3. The molecule has 2 aromatic heterocycles. The number of nitrogens with zero attached hydrogens (tertiary/aromatic N) is 3. The van der Waals surface area contributed by atoms with Crippen LogP contribution in [-0.4, -0.2) is 14.5 Å². The Morgan fingerprint density at radius 1 is 0.946 bits per heavy atom. The fourth-order valence-corrected chi connectivity index (χ4v) is 6.07. The van der Waals surface area contributed by atoms with E-state index < -0.39 is 0 Å². The molecular weight excluding hydrogens is 588 g/mol. The predicted molar refractivity (Wildman–Crippen MR) is 166 cm³/mol. The van der Waals surface area contributed by atoms with Gasteiger partial charge in [0.15, 0.2) is 0 Å². The highest BCUT2D eigenvalue weighted by molar-refractivity contribution is 14.2. The molecule has 5 rings (SSSR count). The molecule has 0 saturated heterocycles. The van der Waals surface area contributed by atoms with Gasteiger partial charge in [0.25, 0.3) is 0 Å². The molecule has 0 fully saturated rings. The van der Waals surface area contributed by atoms with Crippen molar-refractivity contribution in [3.8, 4) is 11.6 Å². The van der Waals surface area contributed by atoms with Gasteiger partial charge in [-0.3, -0.25) is 0 Å². The van der Waals surface area contributed by atoms with Crippen molar-refractivity contribution in [2.75, 3.05) is 0 Å². The zero-order valence-corrected chi connectivity index (χ0v) is 23.9. The van der Waals surface area contributed by atoms with Gasteiger partial charge in [0, 0.05) is 17.6 Å². The van der Waals surface area contributed by atoms with E-state index in [-0.39, 0.29) is 0 Å². The van der Waals surface area contributed by atoms with E-state index in [1.54, 1.807) is 6.20 Å². The molecule has 0 aliphatic carbocycles. The van der Waals surface area contributed by atoms with Crippen LogP contribution >= 0.6 is 28.4 Å². The number of hydrogen-bond donors (Lipinski definition) is 0. The summed E-state index contributed by atoms with van der Waals surface area (Å²) < 4.78 is 8.12. The van der Waals surface area contributed by atoms with Crippen molar-refractivity contribution >= 4 is 56.5 Å². The van der Waals surface area contributed by atoms with E-state index in [2.05, 4.69) is 106 Å². The Balaban J connectivity index is 1.67. The van der Waals surface area contributed by atoms with Crippen LogP contribution in [0.15, 0.2) is 103 Å². The quantitative estimate of drug-likeness (QED) is 0.0992. The van der Waals surface area contributed by atoms with E-state index in [1.165, 1.54) is 27.8 Å². The van der Waals surface area contributed by atoms with Crippen molar-refractivity contribution in [2.45, 2.75) is 20.3 Å². The third kappa shape index (κ3) is 5.68. The number of fused-ring (bicyclic) bond motifs is 1. The summed E-state index contributed by atoms with van der Waals surface area (Å²) >= 11 is 2.37. The Hall–Kier alpha value is -3.28. The lowest BCUT2D eigenvalue weighted by Gasteiger charge is -2.17. The average Bonchev–Trinajstić information content (AvgIpc) is 3.35. The highest BCUT2D eigenvalue weighted by Gasteiger charge is 2.15. The number of ether oxygens (including phenoxy) is 1. The zero-order chi connectivity index (χ0) is 25.6. The molecule has 0 N–H and O–H groups in total. The molecule has 0 aliphatic rings. The lowest BCUT2D eigenvalue weighted by atomic mass is 9.87. The van der Waals surface area contributed by atoms with Crippen molar-refractivity contribution in [1.82, 2.24) is 14.5 Å². The van der Waals surface area contributed by atoms with Crippen molar-refractivity contribution in [1.29, 1.82) is 0 Å². The highest BCUT2D eigenvalue weighted by atomic mass is 127. The minimum Gasteiger partial charge on any atom is -0.439 e. The second-order valence-electron chi connectivity index (χ2n) is 8.54. The van der Waals surface area contributed by atoms with Gasteiger partial charge in [0.1, 0.15) is 5.75 Å². The molecule has 184 valence electrons.